The molecule has 0 radical (unpaired) electrons. The van der Waals surface area contributed by atoms with Crippen molar-refractivity contribution in [2.75, 3.05) is 13.1 Å². The first kappa shape index (κ1) is 73.0. The molecule has 0 spiro atoms. The van der Waals surface area contributed by atoms with Crippen LogP contribution in [0.5, 0.6) is 0 Å². The SMILES string of the molecule is CC[C@H](C)[C@H](NC(=O)[C@H](Cc1c[nH]c2ccccc12)NC(=O)[C@@H](NC(=O)[C@H](CC(C)C)NC(=O)[C@@H](NC(=O)[C@@H](N)CCCN=C(N)N)[C@@H](C)CC)[C@@H](C)CC)C(=O)N[C@@H](CC(C)C)C(=O)N[C@@H](CCCN=C(N)N)C(=O)N[C@@H](Cc1cnc[nH]1)C(=O)O. The molecule has 484 valence electrons. The summed E-state index contributed by atoms with van der Waals surface area (Å²) >= 11 is 0. The van der Waals surface area contributed by atoms with Crippen LogP contribution in [0.3, 0.4) is 0 Å². The van der Waals surface area contributed by atoms with Gasteiger partial charge in [-0.15, -0.1) is 0 Å². The minimum absolute atomic E-state index is 0.0276. The highest BCUT2D eigenvalue weighted by Crippen LogP contribution is 2.21. The second kappa shape index (κ2) is 36.6. The Kier molecular flexibility index (Phi) is 30.7. The van der Waals surface area contributed by atoms with Crippen molar-refractivity contribution in [2.24, 2.45) is 68.2 Å². The summed E-state index contributed by atoms with van der Waals surface area (Å²) in [5.41, 5.74) is 29.9. The minimum atomic E-state index is -1.41. The highest BCUT2D eigenvalue weighted by molar-refractivity contribution is 5.99. The number of aliphatic carboxylic acids is 1. The molecule has 8 amide bonds. The number of hydrogen-bond acceptors (Lipinski definition) is 13. The summed E-state index contributed by atoms with van der Waals surface area (Å²) in [4.78, 5) is 145. The third-order valence-corrected chi connectivity index (χ3v) is 15.3. The van der Waals surface area contributed by atoms with Gasteiger partial charge in [0.2, 0.25) is 47.3 Å². The molecule has 1 aromatic carbocycles. The Morgan fingerprint density at radius 1 is 0.529 bits per heavy atom. The van der Waals surface area contributed by atoms with E-state index in [1.165, 1.54) is 12.5 Å². The number of guanidine groups is 2. The summed E-state index contributed by atoms with van der Waals surface area (Å²) < 4.78 is 0. The number of rotatable bonds is 39. The van der Waals surface area contributed by atoms with E-state index in [9.17, 15) is 48.3 Å². The average molecular weight is 1220 g/mol. The van der Waals surface area contributed by atoms with Crippen LogP contribution in [0, 0.1) is 29.6 Å². The number of H-pyrrole nitrogens is 2. The molecule has 0 fully saturated rings. The number of nitrogens with two attached hydrogens (primary N) is 5. The highest BCUT2D eigenvalue weighted by atomic mass is 16.4. The quantitative estimate of drug-likeness (QED) is 0.0208. The lowest BCUT2D eigenvalue weighted by Crippen LogP contribution is -2.62. The number of amides is 8. The number of hydrogen-bond donors (Lipinski definition) is 16. The maximum atomic E-state index is 15.0. The Morgan fingerprint density at radius 2 is 0.954 bits per heavy atom. The molecule has 21 N–H and O–H groups in total. The molecule has 0 aliphatic carbocycles. The summed E-state index contributed by atoms with van der Waals surface area (Å²) in [6, 6.07) is -3.73. The summed E-state index contributed by atoms with van der Waals surface area (Å²) in [5.74, 6) is -9.07. The number of aliphatic imine (C=N–C) groups is 2. The molecule has 3 rings (SSSR count). The molecule has 87 heavy (non-hydrogen) atoms. The zero-order valence-electron chi connectivity index (χ0n) is 52.2. The van der Waals surface area contributed by atoms with Crippen molar-refractivity contribution in [2.45, 2.75) is 194 Å². The predicted octanol–water partition coefficient (Wildman–Crippen LogP) is 0.304. The molecule has 0 saturated heterocycles. The molecule has 3 aromatic rings. The molecule has 0 aliphatic heterocycles. The largest absolute Gasteiger partial charge is 0.480 e. The van der Waals surface area contributed by atoms with E-state index in [2.05, 4.69) is 67.5 Å². The maximum absolute atomic E-state index is 15.0. The molecule has 28 heteroatoms. The van der Waals surface area contributed by atoms with Crippen LogP contribution in [0.1, 0.15) is 138 Å². The zero-order chi connectivity index (χ0) is 65.1. The predicted molar refractivity (Wildman–Crippen MR) is 332 cm³/mol. The third kappa shape index (κ3) is 24.5. The van der Waals surface area contributed by atoms with E-state index < -0.39 is 119 Å². The van der Waals surface area contributed by atoms with Gasteiger partial charge in [0.25, 0.3) is 0 Å². The van der Waals surface area contributed by atoms with Crippen molar-refractivity contribution < 1.29 is 48.3 Å². The van der Waals surface area contributed by atoms with Crippen molar-refractivity contribution >= 4 is 76.0 Å². The molecule has 0 aliphatic rings. The van der Waals surface area contributed by atoms with Gasteiger partial charge in [0.1, 0.15) is 48.3 Å². The number of carboxylic acids is 1. The van der Waals surface area contributed by atoms with Gasteiger partial charge in [-0.1, -0.05) is 107 Å². The molecule has 0 bridgehead atoms. The number of carbonyl (C=O) groups excluding carboxylic acids is 8. The van der Waals surface area contributed by atoms with Gasteiger partial charge in [-0.3, -0.25) is 48.3 Å². The van der Waals surface area contributed by atoms with Crippen LogP contribution in [-0.2, 0) is 56.0 Å². The molecular weight excluding hydrogens is 1120 g/mol. The second-order valence-electron chi connectivity index (χ2n) is 23.4. The lowest BCUT2D eigenvalue weighted by Gasteiger charge is -2.31. The van der Waals surface area contributed by atoms with Crippen molar-refractivity contribution in [1.82, 2.24) is 57.5 Å². The minimum Gasteiger partial charge on any atom is -0.480 e. The van der Waals surface area contributed by atoms with Crippen molar-refractivity contribution in [1.29, 1.82) is 0 Å². The maximum Gasteiger partial charge on any atom is 0.326 e. The first-order valence-corrected chi connectivity index (χ1v) is 30.1. The standard InChI is InChI=1S/C59H98N18O10/c1-11-33(8)46(75-49(78)39(60)19-16-22-66-58(61)62)54(83)72-43(25-32(6)7)52(81)76-48(35(10)13-3)56(85)73-44(26-36-28-68-40-20-15-14-18-38(36)40)53(82)77-47(34(9)12-2)55(84)71-42(24-31(4)5)51(80)70-41(21-17-23-67-59(63)64)50(79)74-45(57(86)87)27-37-29-65-30-69-37/h14-15,18,20,28-35,39,41-48,68H,11-13,16-17,19,21-27,60H2,1-10H3,(H,65,69)(H,70,80)(H,71,84)(H,72,83)(H,73,85)(H,74,79)(H,75,78)(H,76,81)(H,77,82)(H,86,87)(H4,61,62,66)(H4,63,64,67)/t33-,34-,35-,39-,41-,42-,43-,44-,45-,46-,47-,48-/m0/s1. The van der Waals surface area contributed by atoms with Gasteiger partial charge in [-0.2, -0.15) is 0 Å². The number of aromatic nitrogens is 3. The zero-order valence-corrected chi connectivity index (χ0v) is 52.2. The number of fused-ring (bicyclic) bond motifs is 1. The van der Waals surface area contributed by atoms with E-state index in [0.29, 0.717) is 36.9 Å². The van der Waals surface area contributed by atoms with E-state index in [-0.39, 0.29) is 87.7 Å². The molecule has 0 saturated carbocycles. The number of nitrogens with zero attached hydrogens (tertiary/aromatic N) is 3. The van der Waals surface area contributed by atoms with Crippen LogP contribution in [0.2, 0.25) is 0 Å². The molecule has 28 nitrogen and oxygen atoms in total. The lowest BCUT2D eigenvalue weighted by atomic mass is 9.94. The normalized spacial score (nSPS) is 15.5. The average Bonchev–Trinajstić information content (AvgIpc) is 2.76. The van der Waals surface area contributed by atoms with Gasteiger partial charge in [0, 0.05) is 54.9 Å². The Labute approximate surface area is 509 Å². The topological polar surface area (TPSA) is 469 Å². The van der Waals surface area contributed by atoms with E-state index >= 15 is 0 Å². The summed E-state index contributed by atoms with van der Waals surface area (Å²) in [7, 11) is 0. The lowest BCUT2D eigenvalue weighted by molar-refractivity contribution is -0.142. The monoisotopic (exact) mass is 1220 g/mol. The first-order chi connectivity index (χ1) is 41.1. The fourth-order valence-corrected chi connectivity index (χ4v) is 9.58. The Bertz CT molecular complexity index is 2780. The Morgan fingerprint density at radius 3 is 1.41 bits per heavy atom. The summed E-state index contributed by atoms with van der Waals surface area (Å²) in [5, 5.41) is 33.1. The highest BCUT2D eigenvalue weighted by Gasteiger charge is 2.38. The molecule has 2 heterocycles. The van der Waals surface area contributed by atoms with Crippen LogP contribution < -0.4 is 71.2 Å². The van der Waals surface area contributed by atoms with E-state index in [4.69, 9.17) is 28.7 Å². The first-order valence-electron chi connectivity index (χ1n) is 30.1. The van der Waals surface area contributed by atoms with Gasteiger partial charge in [-0.25, -0.2) is 9.78 Å². The van der Waals surface area contributed by atoms with Crippen LogP contribution in [0.4, 0.5) is 0 Å². The molecule has 2 aromatic heterocycles. The smallest absolute Gasteiger partial charge is 0.326 e. The van der Waals surface area contributed by atoms with Gasteiger partial charge in [0.15, 0.2) is 11.9 Å². The molecular formula is C59H98N18O10. The van der Waals surface area contributed by atoms with Crippen LogP contribution in [-0.4, -0.2) is 153 Å². The Hall–Kier alpha value is -8.30. The Balaban J connectivity index is 1.98. The number of para-hydroxylation sites is 1. The van der Waals surface area contributed by atoms with Gasteiger partial charge in [-0.05, 0) is 79.7 Å². The fraction of sp³-hybridized carbons (Fsp3) is 0.627. The van der Waals surface area contributed by atoms with Crippen molar-refractivity contribution in [3.05, 3.63) is 54.2 Å². The number of carboxylic acid groups (broad SMARTS) is 1. The van der Waals surface area contributed by atoms with Crippen LogP contribution in [0.15, 0.2) is 53.0 Å². The van der Waals surface area contributed by atoms with Crippen LogP contribution in [0.25, 0.3) is 10.9 Å². The van der Waals surface area contributed by atoms with E-state index in [1.54, 1.807) is 27.0 Å². The second-order valence-corrected chi connectivity index (χ2v) is 23.4. The van der Waals surface area contributed by atoms with E-state index in [1.807, 2.05) is 72.7 Å². The number of nitrogens with one attached hydrogen (secondary N) is 10. The van der Waals surface area contributed by atoms with E-state index in [0.717, 1.165) is 10.9 Å². The molecule has 12 atom stereocenters. The number of imidazole rings is 1. The van der Waals surface area contributed by atoms with Gasteiger partial charge < -0.3 is 86.3 Å². The van der Waals surface area contributed by atoms with Crippen molar-refractivity contribution in [3.8, 4) is 0 Å². The van der Waals surface area contributed by atoms with Gasteiger partial charge >= 0.3 is 5.97 Å². The number of aromatic amines is 2. The number of benzene rings is 1. The summed E-state index contributed by atoms with van der Waals surface area (Å²) in [6.07, 6.45) is 6.58. The summed E-state index contributed by atoms with van der Waals surface area (Å²) in [6.45, 7) is 18.5. The number of carbonyl (C=O) groups is 9. The van der Waals surface area contributed by atoms with Gasteiger partial charge in [0.05, 0.1) is 12.4 Å². The molecule has 0 unspecified atom stereocenters. The fourth-order valence-electron chi connectivity index (χ4n) is 9.58. The van der Waals surface area contributed by atoms with Crippen LogP contribution >= 0.6 is 0 Å². The third-order valence-electron chi connectivity index (χ3n) is 15.3. The van der Waals surface area contributed by atoms with Crippen molar-refractivity contribution in [3.63, 3.8) is 0 Å².